The molecule has 5 rings (SSSR count). The molecule has 0 unspecified atom stereocenters. The normalized spacial score (nSPS) is 25.1. The van der Waals surface area contributed by atoms with Crippen molar-refractivity contribution in [3.05, 3.63) is 84.2 Å². The number of nitrogens with zero attached hydrogens (tertiary/aromatic N) is 2. The van der Waals surface area contributed by atoms with Crippen molar-refractivity contribution in [3.63, 3.8) is 0 Å². The minimum atomic E-state index is -0.684. The Morgan fingerprint density at radius 1 is 0.700 bits per heavy atom. The van der Waals surface area contributed by atoms with Crippen LogP contribution in [0.15, 0.2) is 73.1 Å². The van der Waals surface area contributed by atoms with Gasteiger partial charge in [-0.15, -0.1) is 0 Å². The number of fused-ring (bicyclic) bond motifs is 2. The summed E-state index contributed by atoms with van der Waals surface area (Å²) in [5, 5.41) is 22.5. The highest BCUT2D eigenvalue weighted by atomic mass is 16.5. The van der Waals surface area contributed by atoms with Crippen LogP contribution >= 0.6 is 0 Å². The zero-order chi connectivity index (χ0) is 28.2. The molecule has 2 aliphatic heterocycles. The van der Waals surface area contributed by atoms with Gasteiger partial charge in [-0.3, -0.25) is 0 Å². The zero-order valence-electron chi connectivity index (χ0n) is 24.1. The summed E-state index contributed by atoms with van der Waals surface area (Å²) >= 11 is 0. The Balaban J connectivity index is 1.41. The van der Waals surface area contributed by atoms with Crippen LogP contribution in [0, 0.1) is 11.8 Å². The Kier molecular flexibility index (Phi) is 8.67. The lowest BCUT2D eigenvalue weighted by Crippen LogP contribution is -2.53. The third-order valence-electron chi connectivity index (χ3n) is 8.34. The number of methoxy groups -OCH3 is 2. The highest BCUT2D eigenvalue weighted by Crippen LogP contribution is 2.44. The van der Waals surface area contributed by atoms with E-state index >= 15 is 0 Å². The van der Waals surface area contributed by atoms with E-state index in [2.05, 4.69) is 60.3 Å². The van der Waals surface area contributed by atoms with Gasteiger partial charge >= 0.3 is 0 Å². The minimum absolute atomic E-state index is 0.360. The van der Waals surface area contributed by atoms with Gasteiger partial charge in [0.15, 0.2) is 0 Å². The molecule has 0 spiro atoms. The van der Waals surface area contributed by atoms with Crippen LogP contribution in [0.25, 0.3) is 11.1 Å². The van der Waals surface area contributed by atoms with Crippen molar-refractivity contribution in [2.75, 3.05) is 37.1 Å². The van der Waals surface area contributed by atoms with Crippen molar-refractivity contribution in [2.24, 2.45) is 11.8 Å². The smallest absolute Gasteiger partial charge is 0.119 e. The van der Waals surface area contributed by atoms with Crippen LogP contribution in [-0.4, -0.2) is 49.7 Å². The topological polar surface area (TPSA) is 65.4 Å². The number of anilines is 2. The van der Waals surface area contributed by atoms with Gasteiger partial charge in [0.25, 0.3) is 0 Å². The number of hydrogen-bond donors (Lipinski definition) is 2. The number of rotatable bonds is 10. The second kappa shape index (κ2) is 12.4. The molecule has 0 amide bonds. The molecule has 0 atom stereocenters. The van der Waals surface area contributed by atoms with Crippen LogP contribution in [0.2, 0.25) is 0 Å². The summed E-state index contributed by atoms with van der Waals surface area (Å²) in [4.78, 5) is 4.53. The summed E-state index contributed by atoms with van der Waals surface area (Å²) in [6.07, 6.45) is 15.5. The third-order valence-corrected chi connectivity index (χ3v) is 8.34. The van der Waals surface area contributed by atoms with E-state index < -0.39 is 12.2 Å². The Hall–Kier alpha value is -3.48. The average molecular weight is 543 g/mol. The SMILES string of the molecule is CCCCN1C=C/C(=C\C2C(O)C(/C=C3\C=CN(CCCC)c4ccc(OC)cc43)C2O)c2cc(OC)ccc21. The van der Waals surface area contributed by atoms with Gasteiger partial charge in [-0.05, 0) is 72.5 Å². The third kappa shape index (κ3) is 5.43. The highest BCUT2D eigenvalue weighted by Gasteiger charge is 2.47. The van der Waals surface area contributed by atoms with E-state index in [1.165, 1.54) is 0 Å². The molecule has 1 fully saturated rings. The van der Waals surface area contributed by atoms with Gasteiger partial charge in [0.05, 0.1) is 26.4 Å². The predicted octanol–water partition coefficient (Wildman–Crippen LogP) is 6.41. The molecule has 6 heteroatoms. The van der Waals surface area contributed by atoms with Gasteiger partial charge in [-0.25, -0.2) is 0 Å². The van der Waals surface area contributed by atoms with E-state index in [-0.39, 0.29) is 11.8 Å². The van der Waals surface area contributed by atoms with Crippen molar-refractivity contribution in [3.8, 4) is 11.5 Å². The fourth-order valence-electron chi connectivity index (χ4n) is 5.85. The Labute approximate surface area is 238 Å². The summed E-state index contributed by atoms with van der Waals surface area (Å²) in [7, 11) is 3.35. The minimum Gasteiger partial charge on any atom is -0.497 e. The van der Waals surface area contributed by atoms with Crippen LogP contribution in [0.5, 0.6) is 11.5 Å². The number of allylic oxidation sites excluding steroid dienone is 4. The summed E-state index contributed by atoms with van der Waals surface area (Å²) in [5.74, 6) is 0.861. The maximum absolute atomic E-state index is 11.3. The molecular formula is C34H42N2O4. The molecule has 3 aliphatic rings. The second-order valence-corrected chi connectivity index (χ2v) is 10.9. The quantitative estimate of drug-likeness (QED) is 0.362. The number of hydrogen-bond acceptors (Lipinski definition) is 6. The van der Waals surface area contributed by atoms with E-state index in [0.717, 1.165) is 83.9 Å². The zero-order valence-corrected chi connectivity index (χ0v) is 24.1. The van der Waals surface area contributed by atoms with Crippen molar-refractivity contribution >= 4 is 22.5 Å². The lowest BCUT2D eigenvalue weighted by Gasteiger charge is -2.44. The molecule has 0 bridgehead atoms. The molecule has 40 heavy (non-hydrogen) atoms. The first-order valence-electron chi connectivity index (χ1n) is 14.5. The number of aliphatic hydroxyl groups excluding tert-OH is 2. The van der Waals surface area contributed by atoms with Crippen molar-refractivity contribution in [1.82, 2.24) is 0 Å². The highest BCUT2D eigenvalue weighted by molar-refractivity contribution is 5.88. The Morgan fingerprint density at radius 3 is 1.50 bits per heavy atom. The van der Waals surface area contributed by atoms with Crippen LogP contribution in [0.3, 0.4) is 0 Å². The molecule has 6 nitrogen and oxygen atoms in total. The summed E-state index contributed by atoms with van der Waals surface area (Å²) in [6, 6.07) is 12.2. The van der Waals surface area contributed by atoms with E-state index in [4.69, 9.17) is 9.47 Å². The largest absolute Gasteiger partial charge is 0.497 e. The molecule has 2 aromatic carbocycles. The van der Waals surface area contributed by atoms with Gasteiger partial charge < -0.3 is 29.5 Å². The van der Waals surface area contributed by atoms with Crippen molar-refractivity contribution in [2.45, 2.75) is 51.7 Å². The van der Waals surface area contributed by atoms with E-state index in [9.17, 15) is 10.2 Å². The van der Waals surface area contributed by atoms with Gasteiger partial charge in [-0.2, -0.15) is 0 Å². The van der Waals surface area contributed by atoms with Gasteiger partial charge in [0.2, 0.25) is 0 Å². The Bertz CT molecular complexity index is 1220. The molecule has 2 heterocycles. The number of benzene rings is 2. The lowest BCUT2D eigenvalue weighted by atomic mass is 9.67. The van der Waals surface area contributed by atoms with Gasteiger partial charge in [0.1, 0.15) is 11.5 Å². The maximum Gasteiger partial charge on any atom is 0.119 e. The molecule has 212 valence electrons. The standard InChI is InChI=1S/C34H42N2O4/c1-5-7-15-35-17-13-23(27-21-25(39-3)9-11-31(27)35)19-29-33(37)30(34(29)38)20-24-14-18-36(16-8-6-2)32-12-10-26(40-4)22-28(24)32/h9-14,17-22,29-30,33-34,37-38H,5-8,15-16H2,1-4H3/b23-19+,24-20+. The molecule has 1 aliphatic carbocycles. The monoisotopic (exact) mass is 542 g/mol. The van der Waals surface area contributed by atoms with Crippen molar-refractivity contribution in [1.29, 1.82) is 0 Å². The Morgan fingerprint density at radius 2 is 1.12 bits per heavy atom. The fraction of sp³-hybridized carbons (Fsp3) is 0.412. The summed E-state index contributed by atoms with van der Waals surface area (Å²) in [5.41, 5.74) is 6.35. The molecule has 0 saturated heterocycles. The lowest BCUT2D eigenvalue weighted by molar-refractivity contribution is -0.109. The molecule has 0 radical (unpaired) electrons. The van der Waals surface area contributed by atoms with E-state index in [0.29, 0.717) is 0 Å². The van der Waals surface area contributed by atoms with Crippen LogP contribution in [0.4, 0.5) is 11.4 Å². The molecule has 0 aromatic heterocycles. The number of aliphatic hydroxyl groups is 2. The molecular weight excluding hydrogens is 500 g/mol. The first kappa shape index (κ1) is 28.1. The van der Waals surface area contributed by atoms with Crippen molar-refractivity contribution < 1.29 is 19.7 Å². The van der Waals surface area contributed by atoms with Gasteiger partial charge in [-0.1, -0.05) is 38.8 Å². The predicted molar refractivity (Wildman–Crippen MR) is 164 cm³/mol. The van der Waals surface area contributed by atoms with Crippen LogP contribution in [0.1, 0.15) is 50.7 Å². The first-order chi connectivity index (χ1) is 19.5. The number of unbranched alkanes of at least 4 members (excludes halogenated alkanes) is 2. The maximum atomic E-state index is 11.3. The molecule has 2 aromatic rings. The van der Waals surface area contributed by atoms with E-state index in [1.807, 2.05) is 36.4 Å². The fourth-order valence-corrected chi connectivity index (χ4v) is 5.85. The second-order valence-electron chi connectivity index (χ2n) is 10.9. The van der Waals surface area contributed by atoms with Crippen LogP contribution < -0.4 is 19.3 Å². The number of ether oxygens (including phenoxy) is 2. The van der Waals surface area contributed by atoms with E-state index in [1.54, 1.807) is 14.2 Å². The first-order valence-corrected chi connectivity index (χ1v) is 14.5. The van der Waals surface area contributed by atoms with Gasteiger partial charge in [0, 0.05) is 59.8 Å². The van der Waals surface area contributed by atoms with Crippen LogP contribution in [-0.2, 0) is 0 Å². The summed E-state index contributed by atoms with van der Waals surface area (Å²) < 4.78 is 11.0. The molecule has 1 saturated carbocycles. The molecule has 2 N–H and O–H groups in total. The summed E-state index contributed by atoms with van der Waals surface area (Å²) in [6.45, 7) is 6.28. The average Bonchev–Trinajstić information content (AvgIpc) is 3.00.